The number of sulfonamides is 1. The molecule has 0 aliphatic carbocycles. The Morgan fingerprint density at radius 2 is 1.75 bits per heavy atom. The van der Waals surface area contributed by atoms with Gasteiger partial charge in [0, 0.05) is 20.3 Å². The Morgan fingerprint density at radius 1 is 1.04 bits per heavy atom. The van der Waals surface area contributed by atoms with Crippen molar-refractivity contribution in [1.82, 2.24) is 0 Å². The van der Waals surface area contributed by atoms with E-state index in [1.54, 1.807) is 24.3 Å². The maximum absolute atomic E-state index is 12.8. The van der Waals surface area contributed by atoms with Crippen molar-refractivity contribution in [1.29, 1.82) is 0 Å². The molecular weight excluding hydrogens is 414 g/mol. The monoisotopic (exact) mass is 425 g/mol. The quantitative estimate of drug-likeness (QED) is 0.634. The summed E-state index contributed by atoms with van der Waals surface area (Å²) in [5.41, 5.74) is 0.456. The molecule has 0 heterocycles. The Morgan fingerprint density at radius 3 is 2.46 bits per heavy atom. The lowest BCUT2D eigenvalue weighted by molar-refractivity contribution is 0.403. The molecule has 0 unspecified atom stereocenters. The first-order valence-corrected chi connectivity index (χ1v) is 9.61. The third-order valence-corrected chi connectivity index (χ3v) is 5.74. The van der Waals surface area contributed by atoms with E-state index in [1.165, 1.54) is 13.2 Å². The lowest BCUT2D eigenvalue weighted by atomic mass is 10.1. The van der Waals surface area contributed by atoms with Gasteiger partial charge in [-0.05, 0) is 30.3 Å². The van der Waals surface area contributed by atoms with Gasteiger partial charge in [-0.25, -0.2) is 8.42 Å². The second-order valence-electron chi connectivity index (χ2n) is 5.04. The molecule has 7 heteroatoms. The normalized spacial score (nSPS) is 11.5. The average Bonchev–Trinajstić information content (AvgIpc) is 2.57. The summed E-state index contributed by atoms with van der Waals surface area (Å²) >= 11 is 9.47. The van der Waals surface area contributed by atoms with E-state index in [0.717, 1.165) is 10.8 Å². The number of halogens is 2. The van der Waals surface area contributed by atoms with Gasteiger partial charge in [0.1, 0.15) is 10.6 Å². The van der Waals surface area contributed by atoms with Crippen LogP contribution in [0, 0.1) is 0 Å². The van der Waals surface area contributed by atoms with Crippen LogP contribution in [0.3, 0.4) is 0 Å². The molecule has 124 valence electrons. The molecule has 3 aromatic carbocycles. The fourth-order valence-electron chi connectivity index (χ4n) is 2.41. The van der Waals surface area contributed by atoms with Crippen LogP contribution in [0.25, 0.3) is 10.8 Å². The second-order valence-corrected chi connectivity index (χ2v) is 8.01. The Labute approximate surface area is 153 Å². The van der Waals surface area contributed by atoms with Gasteiger partial charge in [-0.2, -0.15) is 0 Å². The first kappa shape index (κ1) is 17.1. The highest BCUT2D eigenvalue weighted by Gasteiger charge is 2.21. The molecule has 0 saturated heterocycles. The van der Waals surface area contributed by atoms with E-state index < -0.39 is 10.0 Å². The number of hydrogen-bond acceptors (Lipinski definition) is 3. The zero-order chi connectivity index (χ0) is 17.3. The van der Waals surface area contributed by atoms with E-state index in [-0.39, 0.29) is 10.6 Å². The molecule has 3 rings (SSSR count). The summed E-state index contributed by atoms with van der Waals surface area (Å²) < 4.78 is 34.1. The standard InChI is InChI=1S/C17H13BrClNO3S/c1-23-16-9-6-11(18)10-17(16)24(21,22)20-15-8-7-14(19)12-4-2-3-5-13(12)15/h2-10,20H,1H3. The highest BCUT2D eigenvalue weighted by atomic mass is 79.9. The van der Waals surface area contributed by atoms with Crippen molar-refractivity contribution < 1.29 is 13.2 Å². The van der Waals surface area contributed by atoms with Crippen LogP contribution in [-0.2, 0) is 10.0 Å². The average molecular weight is 427 g/mol. The Kier molecular flexibility index (Phi) is 4.71. The molecule has 0 aliphatic rings. The molecule has 0 amide bonds. The van der Waals surface area contributed by atoms with Gasteiger partial charge in [0.05, 0.1) is 12.8 Å². The zero-order valence-corrected chi connectivity index (χ0v) is 15.7. The first-order valence-electron chi connectivity index (χ1n) is 6.96. The van der Waals surface area contributed by atoms with E-state index in [2.05, 4.69) is 20.7 Å². The van der Waals surface area contributed by atoms with Crippen LogP contribution in [0.2, 0.25) is 5.02 Å². The van der Waals surface area contributed by atoms with Crippen LogP contribution in [0.1, 0.15) is 0 Å². The van der Waals surface area contributed by atoms with E-state index in [1.807, 2.05) is 24.3 Å². The predicted octanol–water partition coefficient (Wildman–Crippen LogP) is 5.07. The molecule has 0 bridgehead atoms. The fourth-order valence-corrected chi connectivity index (χ4v) is 4.43. The van der Waals surface area contributed by atoms with Crippen molar-refractivity contribution in [3.05, 3.63) is 64.1 Å². The molecule has 3 aromatic rings. The molecule has 0 aromatic heterocycles. The van der Waals surface area contributed by atoms with Gasteiger partial charge < -0.3 is 4.74 Å². The van der Waals surface area contributed by atoms with Gasteiger partial charge in [-0.1, -0.05) is 51.8 Å². The molecule has 24 heavy (non-hydrogen) atoms. The number of nitrogens with one attached hydrogen (secondary N) is 1. The van der Waals surface area contributed by atoms with E-state index >= 15 is 0 Å². The van der Waals surface area contributed by atoms with Crippen LogP contribution in [0.5, 0.6) is 5.75 Å². The van der Waals surface area contributed by atoms with E-state index in [9.17, 15) is 8.42 Å². The smallest absolute Gasteiger partial charge is 0.265 e. The third kappa shape index (κ3) is 3.22. The lowest BCUT2D eigenvalue weighted by Gasteiger charge is -2.14. The van der Waals surface area contributed by atoms with Crippen molar-refractivity contribution in [3.8, 4) is 5.75 Å². The van der Waals surface area contributed by atoms with Gasteiger partial charge in [0.25, 0.3) is 10.0 Å². The zero-order valence-electron chi connectivity index (χ0n) is 12.6. The largest absolute Gasteiger partial charge is 0.495 e. The molecule has 0 fully saturated rings. The number of rotatable bonds is 4. The van der Waals surface area contributed by atoms with Crippen molar-refractivity contribution in [2.75, 3.05) is 11.8 Å². The van der Waals surface area contributed by atoms with Crippen LogP contribution < -0.4 is 9.46 Å². The summed E-state index contributed by atoms with van der Waals surface area (Å²) in [5.74, 6) is 0.268. The molecule has 0 atom stereocenters. The van der Waals surface area contributed by atoms with Gasteiger partial charge in [0.2, 0.25) is 0 Å². The predicted molar refractivity (Wildman–Crippen MR) is 100 cm³/mol. The maximum atomic E-state index is 12.8. The Hall–Kier alpha value is -1.76. The van der Waals surface area contributed by atoms with Crippen molar-refractivity contribution in [3.63, 3.8) is 0 Å². The van der Waals surface area contributed by atoms with E-state index in [0.29, 0.717) is 15.2 Å². The molecule has 0 radical (unpaired) electrons. The Bertz CT molecular complexity index is 1020. The summed E-state index contributed by atoms with van der Waals surface area (Å²) in [6.07, 6.45) is 0. The van der Waals surface area contributed by atoms with E-state index in [4.69, 9.17) is 16.3 Å². The number of benzene rings is 3. The van der Waals surface area contributed by atoms with Crippen LogP contribution in [0.15, 0.2) is 64.0 Å². The minimum Gasteiger partial charge on any atom is -0.495 e. The fraction of sp³-hybridized carbons (Fsp3) is 0.0588. The maximum Gasteiger partial charge on any atom is 0.265 e. The van der Waals surface area contributed by atoms with Crippen molar-refractivity contribution in [2.45, 2.75) is 4.90 Å². The number of ether oxygens (including phenoxy) is 1. The molecule has 4 nitrogen and oxygen atoms in total. The highest BCUT2D eigenvalue weighted by Crippen LogP contribution is 2.33. The SMILES string of the molecule is COc1ccc(Br)cc1S(=O)(=O)Nc1ccc(Cl)c2ccccc12. The van der Waals surface area contributed by atoms with Crippen LogP contribution in [-0.4, -0.2) is 15.5 Å². The van der Waals surface area contributed by atoms with Gasteiger partial charge in [0.15, 0.2) is 0 Å². The summed E-state index contributed by atoms with van der Waals surface area (Å²) in [7, 11) is -2.40. The third-order valence-electron chi connectivity index (χ3n) is 3.53. The number of fused-ring (bicyclic) bond motifs is 1. The molecule has 0 saturated carbocycles. The second kappa shape index (κ2) is 6.63. The van der Waals surface area contributed by atoms with Crippen molar-refractivity contribution in [2.24, 2.45) is 0 Å². The Balaban J connectivity index is 2.12. The summed E-state index contributed by atoms with van der Waals surface area (Å²) in [4.78, 5) is 0.0541. The van der Waals surface area contributed by atoms with Crippen LogP contribution in [0.4, 0.5) is 5.69 Å². The number of methoxy groups -OCH3 is 1. The first-order chi connectivity index (χ1) is 11.4. The molecule has 0 aliphatic heterocycles. The number of anilines is 1. The number of hydrogen-bond donors (Lipinski definition) is 1. The summed E-state index contributed by atoms with van der Waals surface area (Å²) in [5, 5.41) is 2.07. The van der Waals surface area contributed by atoms with Gasteiger partial charge in [-0.3, -0.25) is 4.72 Å². The van der Waals surface area contributed by atoms with Gasteiger partial charge in [-0.15, -0.1) is 0 Å². The minimum atomic E-state index is -3.83. The summed E-state index contributed by atoms with van der Waals surface area (Å²) in [6.45, 7) is 0. The topological polar surface area (TPSA) is 55.4 Å². The highest BCUT2D eigenvalue weighted by molar-refractivity contribution is 9.10. The minimum absolute atomic E-state index is 0.0541. The molecule has 0 spiro atoms. The van der Waals surface area contributed by atoms with Crippen LogP contribution >= 0.6 is 27.5 Å². The summed E-state index contributed by atoms with van der Waals surface area (Å²) in [6, 6.07) is 15.5. The molecule has 1 N–H and O–H groups in total. The lowest BCUT2D eigenvalue weighted by Crippen LogP contribution is -2.14. The molecular formula is C17H13BrClNO3S. The van der Waals surface area contributed by atoms with Gasteiger partial charge >= 0.3 is 0 Å². The van der Waals surface area contributed by atoms with Crippen molar-refractivity contribution >= 4 is 54.0 Å².